The first kappa shape index (κ1) is 16.7. The van der Waals surface area contributed by atoms with Crippen LogP contribution in [0.1, 0.15) is 26.7 Å². The van der Waals surface area contributed by atoms with Gasteiger partial charge in [0.2, 0.25) is 5.91 Å². The molecule has 3 amide bonds. The molecule has 0 atom stereocenters. The summed E-state index contributed by atoms with van der Waals surface area (Å²) in [5, 5.41) is 2.60. The van der Waals surface area contributed by atoms with E-state index in [-0.39, 0.29) is 17.9 Å². The van der Waals surface area contributed by atoms with Crippen molar-refractivity contribution in [3.05, 3.63) is 0 Å². The van der Waals surface area contributed by atoms with Crippen LogP contribution in [-0.4, -0.2) is 73.0 Å². The average molecular weight is 311 g/mol. The summed E-state index contributed by atoms with van der Waals surface area (Å²) in [5.41, 5.74) is 0. The average Bonchev–Trinajstić information content (AvgIpc) is 2.54. The van der Waals surface area contributed by atoms with E-state index in [4.69, 9.17) is 4.74 Å². The van der Waals surface area contributed by atoms with Crippen molar-refractivity contribution >= 4 is 17.7 Å². The number of amides is 3. The third-order valence-electron chi connectivity index (χ3n) is 4.06. The zero-order chi connectivity index (χ0) is 16.1. The lowest BCUT2D eigenvalue weighted by Crippen LogP contribution is -2.55. The molecule has 7 heteroatoms. The largest absolute Gasteiger partial charge is 0.381 e. The second-order valence-electron chi connectivity index (χ2n) is 6.13. The molecule has 0 radical (unpaired) electrons. The van der Waals surface area contributed by atoms with Crippen LogP contribution < -0.4 is 5.32 Å². The summed E-state index contributed by atoms with van der Waals surface area (Å²) in [6, 6.07) is -0.0622. The maximum Gasteiger partial charge on any atom is 0.312 e. The van der Waals surface area contributed by atoms with Crippen LogP contribution >= 0.6 is 0 Å². The van der Waals surface area contributed by atoms with Crippen LogP contribution in [0.3, 0.4) is 0 Å². The van der Waals surface area contributed by atoms with Crippen LogP contribution in [0.25, 0.3) is 0 Å². The zero-order valence-electron chi connectivity index (χ0n) is 13.3. The third kappa shape index (κ3) is 4.19. The normalized spacial score (nSPS) is 20.1. The van der Waals surface area contributed by atoms with Gasteiger partial charge in [0.1, 0.15) is 0 Å². The lowest BCUT2D eigenvalue weighted by atomic mass is 9.98. The minimum Gasteiger partial charge on any atom is -0.381 e. The minimum absolute atomic E-state index is 0.0419. The van der Waals surface area contributed by atoms with Crippen molar-refractivity contribution in [1.29, 1.82) is 0 Å². The number of rotatable bonds is 2. The molecule has 0 aromatic rings. The smallest absolute Gasteiger partial charge is 0.312 e. The molecule has 1 N–H and O–H groups in total. The number of nitrogens with zero attached hydrogens (tertiary/aromatic N) is 2. The van der Waals surface area contributed by atoms with E-state index in [9.17, 15) is 14.4 Å². The Bertz CT molecular complexity index is 425. The number of nitrogens with one attached hydrogen (secondary N) is 1. The highest BCUT2D eigenvalue weighted by Gasteiger charge is 2.31. The van der Waals surface area contributed by atoms with Crippen molar-refractivity contribution in [2.75, 3.05) is 39.4 Å². The summed E-state index contributed by atoms with van der Waals surface area (Å²) in [6.45, 7) is 6.74. The molecule has 0 aliphatic carbocycles. The molecule has 0 aromatic heterocycles. The summed E-state index contributed by atoms with van der Waals surface area (Å²) in [5.74, 6) is -0.881. The van der Waals surface area contributed by atoms with Gasteiger partial charge in [-0.05, 0) is 26.7 Å². The first-order valence-electron chi connectivity index (χ1n) is 7.95. The van der Waals surface area contributed by atoms with Crippen molar-refractivity contribution < 1.29 is 19.1 Å². The summed E-state index contributed by atoms with van der Waals surface area (Å²) in [4.78, 5) is 39.4. The van der Waals surface area contributed by atoms with E-state index >= 15 is 0 Å². The van der Waals surface area contributed by atoms with E-state index in [0.717, 1.165) is 12.8 Å². The molecule has 2 aliphatic heterocycles. The Labute approximate surface area is 131 Å². The van der Waals surface area contributed by atoms with Gasteiger partial charge in [0, 0.05) is 51.4 Å². The molecule has 0 unspecified atom stereocenters. The first-order valence-corrected chi connectivity index (χ1v) is 7.95. The Morgan fingerprint density at radius 2 is 1.55 bits per heavy atom. The maximum absolute atomic E-state index is 12.4. The van der Waals surface area contributed by atoms with E-state index in [1.165, 1.54) is 4.90 Å². The first-order chi connectivity index (χ1) is 10.5. The fourth-order valence-electron chi connectivity index (χ4n) is 2.80. The number of carbonyl (C=O) groups is 3. The number of hydrogen-bond acceptors (Lipinski definition) is 4. The van der Waals surface area contributed by atoms with Crippen LogP contribution in [0, 0.1) is 5.92 Å². The van der Waals surface area contributed by atoms with Crippen molar-refractivity contribution in [3.8, 4) is 0 Å². The van der Waals surface area contributed by atoms with E-state index in [0.29, 0.717) is 39.4 Å². The molecule has 2 fully saturated rings. The predicted molar refractivity (Wildman–Crippen MR) is 80.0 cm³/mol. The molecule has 2 heterocycles. The molecule has 0 saturated carbocycles. The summed E-state index contributed by atoms with van der Waals surface area (Å²) in [6.07, 6.45) is 1.55. The molecule has 22 heavy (non-hydrogen) atoms. The molecule has 2 aliphatic rings. The van der Waals surface area contributed by atoms with Gasteiger partial charge in [-0.25, -0.2) is 0 Å². The fraction of sp³-hybridized carbons (Fsp3) is 0.800. The Morgan fingerprint density at radius 3 is 2.09 bits per heavy atom. The van der Waals surface area contributed by atoms with Crippen LogP contribution in [0.4, 0.5) is 0 Å². The minimum atomic E-state index is -0.570. The number of ether oxygens (including phenoxy) is 1. The molecule has 0 spiro atoms. The second kappa shape index (κ2) is 7.58. The van der Waals surface area contributed by atoms with E-state index in [2.05, 4.69) is 5.32 Å². The summed E-state index contributed by atoms with van der Waals surface area (Å²) in [7, 11) is 0. The third-order valence-corrected chi connectivity index (χ3v) is 4.06. The van der Waals surface area contributed by atoms with Gasteiger partial charge in [-0.2, -0.15) is 0 Å². The molecule has 2 rings (SSSR count). The van der Waals surface area contributed by atoms with Gasteiger partial charge in [0.15, 0.2) is 0 Å². The van der Waals surface area contributed by atoms with E-state index < -0.39 is 11.8 Å². The van der Waals surface area contributed by atoms with Crippen LogP contribution in [0.5, 0.6) is 0 Å². The van der Waals surface area contributed by atoms with Crippen molar-refractivity contribution in [2.24, 2.45) is 5.92 Å². The second-order valence-corrected chi connectivity index (χ2v) is 6.13. The van der Waals surface area contributed by atoms with Gasteiger partial charge in [0.25, 0.3) is 0 Å². The van der Waals surface area contributed by atoms with Gasteiger partial charge in [-0.1, -0.05) is 0 Å². The van der Waals surface area contributed by atoms with Crippen LogP contribution in [0.15, 0.2) is 0 Å². The summed E-state index contributed by atoms with van der Waals surface area (Å²) >= 11 is 0. The molecule has 7 nitrogen and oxygen atoms in total. The highest BCUT2D eigenvalue weighted by molar-refractivity contribution is 6.35. The Morgan fingerprint density at radius 1 is 1.00 bits per heavy atom. The van der Waals surface area contributed by atoms with Gasteiger partial charge in [0.05, 0.1) is 0 Å². The molecular formula is C15H25N3O4. The Kier molecular flexibility index (Phi) is 5.76. The number of carbonyl (C=O) groups excluding carboxylic acids is 3. The van der Waals surface area contributed by atoms with Crippen molar-refractivity contribution in [1.82, 2.24) is 15.1 Å². The van der Waals surface area contributed by atoms with Gasteiger partial charge < -0.3 is 19.9 Å². The standard InChI is InChI=1S/C15H25N3O4/c1-11(2)16-13(19)15(21)18-7-5-17(6-8-18)14(20)12-3-9-22-10-4-12/h11-12H,3-10H2,1-2H3,(H,16,19). The molecule has 0 bridgehead atoms. The topological polar surface area (TPSA) is 79.0 Å². The zero-order valence-corrected chi connectivity index (χ0v) is 13.3. The highest BCUT2D eigenvalue weighted by atomic mass is 16.5. The van der Waals surface area contributed by atoms with Crippen molar-refractivity contribution in [3.63, 3.8) is 0 Å². The van der Waals surface area contributed by atoms with Gasteiger partial charge >= 0.3 is 11.8 Å². The van der Waals surface area contributed by atoms with Crippen LogP contribution in [0.2, 0.25) is 0 Å². The van der Waals surface area contributed by atoms with E-state index in [1.54, 1.807) is 4.90 Å². The quantitative estimate of drug-likeness (QED) is 0.704. The number of piperazine rings is 1. The SMILES string of the molecule is CC(C)NC(=O)C(=O)N1CCN(C(=O)C2CCOCC2)CC1. The van der Waals surface area contributed by atoms with Crippen LogP contribution in [-0.2, 0) is 19.1 Å². The van der Waals surface area contributed by atoms with Gasteiger partial charge in [-0.15, -0.1) is 0 Å². The predicted octanol–water partition coefficient (Wildman–Crippen LogP) is -0.392. The van der Waals surface area contributed by atoms with Crippen molar-refractivity contribution in [2.45, 2.75) is 32.7 Å². The lowest BCUT2D eigenvalue weighted by Gasteiger charge is -2.36. The fourth-order valence-corrected chi connectivity index (χ4v) is 2.80. The maximum atomic E-state index is 12.4. The molecular weight excluding hydrogens is 286 g/mol. The Hall–Kier alpha value is -1.63. The molecule has 0 aromatic carbocycles. The monoisotopic (exact) mass is 311 g/mol. The van der Waals surface area contributed by atoms with Gasteiger partial charge in [-0.3, -0.25) is 14.4 Å². The van der Waals surface area contributed by atoms with E-state index in [1.807, 2.05) is 13.8 Å². The molecule has 124 valence electrons. The lowest BCUT2D eigenvalue weighted by molar-refractivity contribution is -0.149. The summed E-state index contributed by atoms with van der Waals surface area (Å²) < 4.78 is 5.28. The highest BCUT2D eigenvalue weighted by Crippen LogP contribution is 2.18. The molecule has 2 saturated heterocycles. The Balaban J connectivity index is 1.81. The number of hydrogen-bond donors (Lipinski definition) is 1.